The van der Waals surface area contributed by atoms with Gasteiger partial charge in [0.15, 0.2) is 0 Å². The van der Waals surface area contributed by atoms with Crippen LogP contribution in [0, 0.1) is 13.8 Å². The van der Waals surface area contributed by atoms with Crippen LogP contribution in [-0.2, 0) is 4.79 Å². The van der Waals surface area contributed by atoms with Crippen LogP contribution in [-0.4, -0.2) is 23.0 Å². The lowest BCUT2D eigenvalue weighted by molar-refractivity contribution is -0.318. The second kappa shape index (κ2) is 6.42. The summed E-state index contributed by atoms with van der Waals surface area (Å²) in [5, 5.41) is 12.7. The molecule has 3 rings (SSSR count). The monoisotopic (exact) mass is 377 g/mol. The van der Waals surface area contributed by atoms with Crippen molar-refractivity contribution in [3.63, 3.8) is 0 Å². The molecule has 2 N–H and O–H groups in total. The zero-order valence-corrected chi connectivity index (χ0v) is 14.9. The fourth-order valence-electron chi connectivity index (χ4n) is 3.01. The molecule has 27 heavy (non-hydrogen) atoms. The van der Waals surface area contributed by atoms with Gasteiger partial charge in [-0.1, -0.05) is 30.3 Å². The van der Waals surface area contributed by atoms with E-state index in [1.54, 1.807) is 43.3 Å². The molecule has 1 amide bonds. The van der Waals surface area contributed by atoms with Crippen molar-refractivity contribution in [3.8, 4) is 5.75 Å². The number of hydrogen-bond donors (Lipinski definition) is 2. The molecule has 1 unspecified atom stereocenters. The predicted molar refractivity (Wildman–Crippen MR) is 93.8 cm³/mol. The summed E-state index contributed by atoms with van der Waals surface area (Å²) in [6, 6.07) is 11.4. The predicted octanol–water partition coefficient (Wildman–Crippen LogP) is 3.84. The maximum absolute atomic E-state index is 13.8. The van der Waals surface area contributed by atoms with E-state index in [9.17, 15) is 23.1 Å². The molecule has 1 heterocycles. The quantitative estimate of drug-likeness (QED) is 0.836. The third-order valence-electron chi connectivity index (χ3n) is 4.46. The first-order chi connectivity index (χ1) is 12.5. The summed E-state index contributed by atoms with van der Waals surface area (Å²) in [6.07, 6.45) is -5.18. The molecule has 4 nitrogen and oxygen atoms in total. The van der Waals surface area contributed by atoms with E-state index in [1.807, 2.05) is 6.92 Å². The molecule has 2 aromatic carbocycles. The van der Waals surface area contributed by atoms with Gasteiger partial charge < -0.3 is 15.2 Å². The zero-order chi connectivity index (χ0) is 20.0. The van der Waals surface area contributed by atoms with Crippen LogP contribution in [0.25, 0.3) is 5.57 Å². The summed E-state index contributed by atoms with van der Waals surface area (Å²) in [5.41, 5.74) is 1.65. The highest BCUT2D eigenvalue weighted by atomic mass is 19.4. The van der Waals surface area contributed by atoms with Crippen LogP contribution < -0.4 is 10.1 Å². The second-order valence-corrected chi connectivity index (χ2v) is 6.47. The molecule has 0 aliphatic carbocycles. The van der Waals surface area contributed by atoms with E-state index in [4.69, 9.17) is 4.74 Å². The van der Waals surface area contributed by atoms with Crippen molar-refractivity contribution >= 4 is 11.5 Å². The third kappa shape index (κ3) is 3.19. The molecule has 0 saturated heterocycles. The molecule has 142 valence electrons. The summed E-state index contributed by atoms with van der Waals surface area (Å²) < 4.78 is 46.5. The van der Waals surface area contributed by atoms with Crippen molar-refractivity contribution in [2.75, 3.05) is 0 Å². The Bertz CT molecular complexity index is 935. The van der Waals surface area contributed by atoms with Crippen LogP contribution in [0.4, 0.5) is 13.2 Å². The number of alkyl halides is 3. The molecule has 0 bridgehead atoms. The molecule has 0 saturated carbocycles. The van der Waals surface area contributed by atoms with Gasteiger partial charge in [-0.2, -0.15) is 13.2 Å². The largest absolute Gasteiger partial charge is 0.462 e. The lowest BCUT2D eigenvalue weighted by Crippen LogP contribution is -2.57. The van der Waals surface area contributed by atoms with Crippen LogP contribution >= 0.6 is 0 Å². The molecule has 1 aliphatic rings. The van der Waals surface area contributed by atoms with Crippen LogP contribution in [0.3, 0.4) is 0 Å². The Kier molecular flexibility index (Phi) is 4.51. The summed E-state index contributed by atoms with van der Waals surface area (Å²) in [5.74, 6) is -4.54. The Morgan fingerprint density at radius 2 is 1.70 bits per heavy atom. The average Bonchev–Trinajstić information content (AvgIpc) is 2.57. The lowest BCUT2D eigenvalue weighted by atomic mass is 9.87. The number of nitrogens with one attached hydrogen (secondary N) is 1. The summed E-state index contributed by atoms with van der Waals surface area (Å²) in [4.78, 5) is 11.7. The summed E-state index contributed by atoms with van der Waals surface area (Å²) in [6.45, 7) is 4.63. The van der Waals surface area contributed by atoms with Gasteiger partial charge in [-0.05, 0) is 42.7 Å². The van der Waals surface area contributed by atoms with Crippen molar-refractivity contribution in [3.05, 3.63) is 70.4 Å². The van der Waals surface area contributed by atoms with E-state index in [0.29, 0.717) is 16.7 Å². The van der Waals surface area contributed by atoms with E-state index in [2.05, 4.69) is 5.32 Å². The van der Waals surface area contributed by atoms with Gasteiger partial charge in [0.25, 0.3) is 0 Å². The molecule has 1 atom stereocenters. The number of carbonyl (C=O) groups excluding carboxylic acids is 1. The minimum atomic E-state index is -5.18. The van der Waals surface area contributed by atoms with Gasteiger partial charge in [0.1, 0.15) is 11.4 Å². The smallest absolute Gasteiger partial charge is 0.448 e. The first kappa shape index (κ1) is 19.0. The van der Waals surface area contributed by atoms with E-state index >= 15 is 0 Å². The molecule has 0 fully saturated rings. The van der Waals surface area contributed by atoms with Crippen LogP contribution in [0.15, 0.2) is 48.2 Å². The highest BCUT2D eigenvalue weighted by molar-refractivity contribution is 5.90. The van der Waals surface area contributed by atoms with Crippen LogP contribution in [0.1, 0.15) is 29.2 Å². The van der Waals surface area contributed by atoms with Crippen molar-refractivity contribution in [2.45, 2.75) is 32.7 Å². The number of ether oxygens (including phenoxy) is 1. The Morgan fingerprint density at radius 1 is 1.11 bits per heavy atom. The minimum Gasteiger partial charge on any atom is -0.448 e. The number of fused-ring (bicyclic) bond motifs is 1. The van der Waals surface area contributed by atoms with Crippen LogP contribution in [0.5, 0.6) is 5.75 Å². The number of aryl methyl sites for hydroxylation is 2. The summed E-state index contributed by atoms with van der Waals surface area (Å²) >= 11 is 0. The van der Waals surface area contributed by atoms with Gasteiger partial charge in [-0.25, -0.2) is 0 Å². The number of benzene rings is 2. The van der Waals surface area contributed by atoms with Gasteiger partial charge in [0.05, 0.1) is 0 Å². The molecular formula is C20H18F3NO3. The highest BCUT2D eigenvalue weighted by Crippen LogP contribution is 2.48. The summed E-state index contributed by atoms with van der Waals surface area (Å²) in [7, 11) is 0. The van der Waals surface area contributed by atoms with Crippen molar-refractivity contribution in [1.29, 1.82) is 0 Å². The number of rotatable bonds is 2. The van der Waals surface area contributed by atoms with E-state index in [-0.39, 0.29) is 11.3 Å². The Labute approximate surface area is 154 Å². The van der Waals surface area contributed by atoms with Gasteiger partial charge in [-0.15, -0.1) is 0 Å². The molecule has 1 aliphatic heterocycles. The topological polar surface area (TPSA) is 58.6 Å². The van der Waals surface area contributed by atoms with E-state index < -0.39 is 23.6 Å². The van der Waals surface area contributed by atoms with Crippen LogP contribution in [0.2, 0.25) is 0 Å². The highest BCUT2D eigenvalue weighted by Gasteiger charge is 2.62. The van der Waals surface area contributed by atoms with Crippen molar-refractivity contribution < 1.29 is 27.8 Å². The molecule has 2 aromatic rings. The first-order valence-electron chi connectivity index (χ1n) is 8.22. The van der Waals surface area contributed by atoms with Gasteiger partial charge in [0.2, 0.25) is 5.91 Å². The SMILES string of the molecule is CC(=O)NC1=C(c2ccccc2)c2cc(C)c(C)cc2OC1(O)C(F)(F)F. The Morgan fingerprint density at radius 3 is 2.26 bits per heavy atom. The van der Waals surface area contributed by atoms with Gasteiger partial charge in [-0.3, -0.25) is 4.79 Å². The number of halogens is 3. The minimum absolute atomic E-state index is 0.0648. The Hall–Kier alpha value is -2.80. The molecule has 0 radical (unpaired) electrons. The lowest BCUT2D eigenvalue weighted by Gasteiger charge is -2.39. The van der Waals surface area contributed by atoms with Crippen molar-refractivity contribution in [1.82, 2.24) is 5.32 Å². The molecule has 0 spiro atoms. The molecular weight excluding hydrogens is 359 g/mol. The molecule has 0 aromatic heterocycles. The first-order valence-corrected chi connectivity index (χ1v) is 8.22. The number of aliphatic hydroxyl groups is 1. The van der Waals surface area contributed by atoms with Crippen molar-refractivity contribution in [2.24, 2.45) is 0 Å². The maximum atomic E-state index is 13.8. The average molecular weight is 377 g/mol. The number of hydrogen-bond acceptors (Lipinski definition) is 3. The van der Waals surface area contributed by atoms with Gasteiger partial charge >= 0.3 is 12.0 Å². The standard InChI is InChI=1S/C20H18F3NO3/c1-11-9-15-16(10-12(11)2)27-19(26,20(21,22)23)18(24-13(3)25)17(15)14-7-5-4-6-8-14/h4-10,26H,1-3H3,(H,24,25). The fraction of sp³-hybridized carbons (Fsp3) is 0.250. The second-order valence-electron chi connectivity index (χ2n) is 6.47. The molecule has 7 heteroatoms. The Balaban J connectivity index is 2.43. The maximum Gasteiger partial charge on any atom is 0.462 e. The van der Waals surface area contributed by atoms with Gasteiger partial charge in [0, 0.05) is 18.1 Å². The van der Waals surface area contributed by atoms with E-state index in [0.717, 1.165) is 12.5 Å². The third-order valence-corrected chi connectivity index (χ3v) is 4.46. The normalized spacial score (nSPS) is 19.4. The van der Waals surface area contributed by atoms with E-state index in [1.165, 1.54) is 6.07 Å². The number of amides is 1. The fourth-order valence-corrected chi connectivity index (χ4v) is 3.01. The zero-order valence-electron chi connectivity index (χ0n) is 14.9. The number of carbonyl (C=O) groups is 1.